The number of nitrogens with one attached hydrogen (secondary N) is 1. The monoisotopic (exact) mass is 418 g/mol. The number of piperazine rings is 1. The topological polar surface area (TPSA) is 74.2 Å². The Morgan fingerprint density at radius 3 is 2.35 bits per heavy atom. The zero-order valence-electron chi connectivity index (χ0n) is 17.0. The van der Waals surface area contributed by atoms with Gasteiger partial charge >= 0.3 is 0 Å². The molecule has 7 nitrogen and oxygen atoms in total. The molecule has 8 heteroatoms. The Labute approximate surface area is 179 Å². The molecular formula is C23H23FN6O. The molecule has 2 fully saturated rings. The van der Waals surface area contributed by atoms with Crippen LogP contribution in [0.5, 0.6) is 0 Å². The maximum Gasteiger partial charge on any atom is 0.233 e. The lowest BCUT2D eigenvalue weighted by atomic mass is 9.94. The summed E-state index contributed by atoms with van der Waals surface area (Å²) in [5, 5.41) is 11.8. The van der Waals surface area contributed by atoms with Crippen LogP contribution in [0.15, 0.2) is 60.9 Å². The second-order valence-corrected chi connectivity index (χ2v) is 8.01. The second kappa shape index (κ2) is 7.94. The Hall–Kier alpha value is -3.55. The molecule has 5 rings (SSSR count). The highest BCUT2D eigenvalue weighted by Crippen LogP contribution is 2.49. The number of rotatable bonds is 5. The summed E-state index contributed by atoms with van der Waals surface area (Å²) in [6.07, 6.45) is 5.10. The molecule has 158 valence electrons. The molecular weight excluding hydrogens is 395 g/mol. The second-order valence-electron chi connectivity index (χ2n) is 8.01. The van der Waals surface area contributed by atoms with Gasteiger partial charge in [-0.25, -0.2) is 4.39 Å². The first kappa shape index (κ1) is 19.4. The van der Waals surface area contributed by atoms with Gasteiger partial charge in [0.1, 0.15) is 5.82 Å². The Kier molecular flexibility index (Phi) is 4.97. The summed E-state index contributed by atoms with van der Waals surface area (Å²) in [5.41, 5.74) is 1.31. The number of aromatic nitrogens is 3. The first-order valence-corrected chi connectivity index (χ1v) is 10.5. The number of halogens is 1. The summed E-state index contributed by atoms with van der Waals surface area (Å²) in [6, 6.07) is 14.0. The molecule has 1 N–H and O–H groups in total. The smallest absolute Gasteiger partial charge is 0.233 e. The molecule has 0 bridgehead atoms. The number of pyridine rings is 1. The molecule has 0 unspecified atom stereocenters. The molecule has 0 atom stereocenters. The summed E-state index contributed by atoms with van der Waals surface area (Å²) < 4.78 is 13.3. The fraction of sp³-hybridized carbons (Fsp3) is 0.304. The van der Waals surface area contributed by atoms with E-state index in [1.165, 1.54) is 12.1 Å². The predicted molar refractivity (Wildman–Crippen MR) is 116 cm³/mol. The van der Waals surface area contributed by atoms with Gasteiger partial charge in [-0.2, -0.15) is 0 Å². The Morgan fingerprint density at radius 1 is 0.968 bits per heavy atom. The molecule has 0 spiro atoms. The Bertz CT molecular complexity index is 1050. The first-order chi connectivity index (χ1) is 15.1. The average Bonchev–Trinajstić information content (AvgIpc) is 3.62. The maximum absolute atomic E-state index is 13.3. The van der Waals surface area contributed by atoms with Crippen LogP contribution in [0.1, 0.15) is 18.4 Å². The van der Waals surface area contributed by atoms with Crippen molar-refractivity contribution in [1.29, 1.82) is 0 Å². The zero-order valence-corrected chi connectivity index (χ0v) is 17.0. The molecule has 1 saturated carbocycles. The van der Waals surface area contributed by atoms with E-state index in [0.29, 0.717) is 32.0 Å². The van der Waals surface area contributed by atoms with E-state index >= 15 is 0 Å². The highest BCUT2D eigenvalue weighted by Gasteiger charge is 2.53. The molecule has 1 aliphatic carbocycles. The lowest BCUT2D eigenvalue weighted by Gasteiger charge is -2.37. The molecule has 2 aliphatic rings. The van der Waals surface area contributed by atoms with Crippen molar-refractivity contribution >= 4 is 23.2 Å². The van der Waals surface area contributed by atoms with Crippen LogP contribution in [0, 0.1) is 5.82 Å². The lowest BCUT2D eigenvalue weighted by Crippen LogP contribution is -2.51. The number of anilines is 3. The van der Waals surface area contributed by atoms with Crippen molar-refractivity contribution in [3.63, 3.8) is 0 Å². The van der Waals surface area contributed by atoms with E-state index in [2.05, 4.69) is 25.4 Å². The fourth-order valence-electron chi connectivity index (χ4n) is 4.11. The van der Waals surface area contributed by atoms with Crippen molar-refractivity contribution in [1.82, 2.24) is 20.1 Å². The van der Waals surface area contributed by atoms with Crippen molar-refractivity contribution in [2.24, 2.45) is 0 Å². The van der Waals surface area contributed by atoms with Crippen molar-refractivity contribution in [2.75, 3.05) is 36.4 Å². The summed E-state index contributed by atoms with van der Waals surface area (Å²) in [7, 11) is 0. The third-order valence-electron chi connectivity index (χ3n) is 6.03. The predicted octanol–water partition coefficient (Wildman–Crippen LogP) is 3.13. The lowest BCUT2D eigenvalue weighted by molar-refractivity contribution is -0.134. The summed E-state index contributed by atoms with van der Waals surface area (Å²) in [4.78, 5) is 21.3. The minimum Gasteiger partial charge on any atom is -0.352 e. The zero-order chi connectivity index (χ0) is 21.3. The van der Waals surface area contributed by atoms with Crippen LogP contribution in [-0.2, 0) is 10.2 Å². The third-order valence-corrected chi connectivity index (χ3v) is 6.03. The van der Waals surface area contributed by atoms with Crippen LogP contribution in [0.25, 0.3) is 0 Å². The molecule has 3 aromatic rings. The van der Waals surface area contributed by atoms with E-state index in [1.807, 2.05) is 29.2 Å². The van der Waals surface area contributed by atoms with Crippen LogP contribution < -0.4 is 10.2 Å². The van der Waals surface area contributed by atoms with E-state index in [1.54, 1.807) is 24.5 Å². The molecule has 1 aliphatic heterocycles. The van der Waals surface area contributed by atoms with Crippen LogP contribution >= 0.6 is 0 Å². The number of amides is 1. The number of carbonyl (C=O) groups is 1. The molecule has 1 aromatic carbocycles. The highest BCUT2D eigenvalue weighted by molar-refractivity contribution is 5.91. The van der Waals surface area contributed by atoms with Gasteiger partial charge in [-0.15, -0.1) is 10.2 Å². The van der Waals surface area contributed by atoms with E-state index in [-0.39, 0.29) is 11.7 Å². The van der Waals surface area contributed by atoms with Crippen LogP contribution in [0.4, 0.5) is 21.7 Å². The van der Waals surface area contributed by atoms with Crippen LogP contribution in [0.2, 0.25) is 0 Å². The Balaban J connectivity index is 1.19. The average molecular weight is 418 g/mol. The number of carbonyl (C=O) groups excluding carboxylic acids is 1. The van der Waals surface area contributed by atoms with E-state index in [9.17, 15) is 9.18 Å². The normalized spacial score (nSPS) is 17.3. The molecule has 1 saturated heterocycles. The van der Waals surface area contributed by atoms with Gasteiger partial charge in [0.2, 0.25) is 5.91 Å². The third kappa shape index (κ3) is 3.93. The molecule has 2 aromatic heterocycles. The van der Waals surface area contributed by atoms with Crippen molar-refractivity contribution < 1.29 is 9.18 Å². The number of nitrogens with zero attached hydrogens (tertiary/aromatic N) is 5. The molecule has 31 heavy (non-hydrogen) atoms. The summed E-state index contributed by atoms with van der Waals surface area (Å²) in [5.74, 6) is 1.33. The first-order valence-electron chi connectivity index (χ1n) is 10.5. The van der Waals surface area contributed by atoms with E-state index in [4.69, 9.17) is 0 Å². The van der Waals surface area contributed by atoms with Gasteiger partial charge < -0.3 is 15.1 Å². The van der Waals surface area contributed by atoms with Gasteiger partial charge in [0.15, 0.2) is 11.6 Å². The number of hydrogen-bond donors (Lipinski definition) is 1. The van der Waals surface area contributed by atoms with Gasteiger partial charge in [-0.1, -0.05) is 12.1 Å². The SMILES string of the molecule is O=C(N1CCN(c2ccc(Nc3cccnc3)nn2)CC1)C1(c2ccc(F)cc2)CC1. The molecule has 1 amide bonds. The van der Waals surface area contributed by atoms with Gasteiger partial charge in [0.25, 0.3) is 0 Å². The van der Waals surface area contributed by atoms with Crippen molar-refractivity contribution in [3.05, 3.63) is 72.3 Å². The van der Waals surface area contributed by atoms with Crippen LogP contribution in [0.3, 0.4) is 0 Å². The van der Waals surface area contributed by atoms with Gasteiger partial charge in [-0.3, -0.25) is 9.78 Å². The Morgan fingerprint density at radius 2 is 1.74 bits per heavy atom. The number of hydrogen-bond acceptors (Lipinski definition) is 6. The minimum absolute atomic E-state index is 0.154. The highest BCUT2D eigenvalue weighted by atomic mass is 19.1. The fourth-order valence-corrected chi connectivity index (χ4v) is 4.11. The largest absolute Gasteiger partial charge is 0.352 e. The summed E-state index contributed by atoms with van der Waals surface area (Å²) >= 11 is 0. The minimum atomic E-state index is -0.463. The maximum atomic E-state index is 13.3. The van der Waals surface area contributed by atoms with Gasteiger partial charge in [0.05, 0.1) is 17.3 Å². The van der Waals surface area contributed by atoms with E-state index in [0.717, 1.165) is 29.9 Å². The van der Waals surface area contributed by atoms with Gasteiger partial charge in [-0.05, 0) is 54.8 Å². The van der Waals surface area contributed by atoms with E-state index < -0.39 is 5.41 Å². The quantitative estimate of drug-likeness (QED) is 0.686. The standard InChI is InChI=1S/C23H23FN6O/c24-18-5-3-17(4-6-18)23(9-10-23)22(31)30-14-12-29(13-15-30)21-8-7-20(27-28-21)26-19-2-1-11-25-16-19/h1-8,11,16H,9-10,12-15H2,(H,26,27). The van der Waals surface area contributed by atoms with Crippen molar-refractivity contribution in [2.45, 2.75) is 18.3 Å². The van der Waals surface area contributed by atoms with Gasteiger partial charge in [0, 0.05) is 32.4 Å². The summed E-state index contributed by atoms with van der Waals surface area (Å²) in [6.45, 7) is 2.68. The molecule has 3 heterocycles. The molecule has 0 radical (unpaired) electrons. The van der Waals surface area contributed by atoms with Crippen LogP contribution in [-0.4, -0.2) is 52.2 Å². The van der Waals surface area contributed by atoms with Crippen molar-refractivity contribution in [3.8, 4) is 0 Å². The number of benzene rings is 1.